The van der Waals surface area contributed by atoms with Crippen LogP contribution in [0.25, 0.3) is 0 Å². The molecule has 1 unspecified atom stereocenters. The molecule has 0 spiro atoms. The van der Waals surface area contributed by atoms with Crippen LogP contribution in [0, 0.1) is 12.8 Å². The number of piperazine rings is 1. The summed E-state index contributed by atoms with van der Waals surface area (Å²) in [5.41, 5.74) is 1.02. The Bertz CT molecular complexity index is 447. The normalized spacial score (nSPS) is 19.2. The van der Waals surface area contributed by atoms with Gasteiger partial charge in [-0.3, -0.25) is 4.79 Å². The number of hydrogen-bond acceptors (Lipinski definition) is 6. The van der Waals surface area contributed by atoms with Crippen LogP contribution in [0.15, 0.2) is 12.4 Å². The van der Waals surface area contributed by atoms with Gasteiger partial charge in [0.25, 0.3) is 0 Å². The van der Waals surface area contributed by atoms with Crippen molar-refractivity contribution in [1.29, 1.82) is 0 Å². The molecule has 1 atom stereocenters. The minimum atomic E-state index is -0.313. The second-order valence-corrected chi connectivity index (χ2v) is 5.54. The highest BCUT2D eigenvalue weighted by Gasteiger charge is 2.27. The van der Waals surface area contributed by atoms with E-state index in [0.29, 0.717) is 25.0 Å². The molecule has 110 valence electrons. The lowest BCUT2D eigenvalue weighted by atomic mass is 10.2. The Hall–Kier alpha value is -1.69. The van der Waals surface area contributed by atoms with Crippen molar-refractivity contribution in [2.75, 3.05) is 31.1 Å². The van der Waals surface area contributed by atoms with Crippen molar-refractivity contribution in [3.8, 4) is 0 Å². The van der Waals surface area contributed by atoms with Crippen LogP contribution in [0.1, 0.15) is 19.4 Å². The molecule has 6 heteroatoms. The number of ether oxygens (including phenoxy) is 1. The maximum atomic E-state index is 12.0. The van der Waals surface area contributed by atoms with Gasteiger partial charge in [0.05, 0.1) is 6.61 Å². The van der Waals surface area contributed by atoms with Crippen LogP contribution in [0.2, 0.25) is 0 Å². The minimum Gasteiger partial charge on any atom is -0.464 e. The van der Waals surface area contributed by atoms with Crippen LogP contribution in [-0.4, -0.2) is 48.2 Å². The highest BCUT2D eigenvalue weighted by Crippen LogP contribution is 2.10. The van der Waals surface area contributed by atoms with E-state index in [4.69, 9.17) is 4.74 Å². The molecule has 1 fully saturated rings. The average Bonchev–Trinajstić information content (AvgIpc) is 2.45. The summed E-state index contributed by atoms with van der Waals surface area (Å²) in [4.78, 5) is 22.6. The zero-order chi connectivity index (χ0) is 14.5. The van der Waals surface area contributed by atoms with Gasteiger partial charge in [0, 0.05) is 32.0 Å². The van der Waals surface area contributed by atoms with Gasteiger partial charge in [-0.15, -0.1) is 0 Å². The van der Waals surface area contributed by atoms with Gasteiger partial charge in [0.2, 0.25) is 5.95 Å². The van der Waals surface area contributed by atoms with Crippen LogP contribution in [0.4, 0.5) is 5.95 Å². The molecule has 0 saturated carbocycles. The third kappa shape index (κ3) is 3.90. The molecule has 1 aromatic heterocycles. The first-order chi connectivity index (χ1) is 9.56. The number of carbonyl (C=O) groups is 1. The van der Waals surface area contributed by atoms with E-state index in [1.165, 1.54) is 0 Å². The fourth-order valence-electron chi connectivity index (χ4n) is 1.99. The number of rotatable bonds is 4. The van der Waals surface area contributed by atoms with Crippen LogP contribution in [0.3, 0.4) is 0 Å². The van der Waals surface area contributed by atoms with Crippen molar-refractivity contribution in [1.82, 2.24) is 15.3 Å². The molecule has 20 heavy (non-hydrogen) atoms. The van der Waals surface area contributed by atoms with E-state index in [1.807, 2.05) is 25.7 Å². The molecule has 1 saturated heterocycles. The van der Waals surface area contributed by atoms with E-state index < -0.39 is 0 Å². The van der Waals surface area contributed by atoms with E-state index in [9.17, 15) is 4.79 Å². The summed E-state index contributed by atoms with van der Waals surface area (Å²) in [5, 5.41) is 3.18. The van der Waals surface area contributed by atoms with Crippen molar-refractivity contribution in [3.05, 3.63) is 18.0 Å². The van der Waals surface area contributed by atoms with Crippen LogP contribution < -0.4 is 10.2 Å². The summed E-state index contributed by atoms with van der Waals surface area (Å²) >= 11 is 0. The molecule has 0 bridgehead atoms. The number of nitrogens with one attached hydrogen (secondary N) is 1. The van der Waals surface area contributed by atoms with Gasteiger partial charge in [0.15, 0.2) is 0 Å². The molecule has 0 aromatic carbocycles. The van der Waals surface area contributed by atoms with E-state index in [-0.39, 0.29) is 12.0 Å². The summed E-state index contributed by atoms with van der Waals surface area (Å²) in [7, 11) is 0. The Morgan fingerprint density at radius 2 is 2.20 bits per heavy atom. The Morgan fingerprint density at radius 1 is 1.50 bits per heavy atom. The maximum Gasteiger partial charge on any atom is 0.324 e. The first kappa shape index (κ1) is 14.7. The molecule has 1 aromatic rings. The molecule has 1 aliphatic heterocycles. The molecule has 0 aliphatic carbocycles. The number of aromatic nitrogens is 2. The summed E-state index contributed by atoms with van der Waals surface area (Å²) in [5.74, 6) is 0.813. The third-order valence-corrected chi connectivity index (χ3v) is 3.07. The lowest BCUT2D eigenvalue weighted by Gasteiger charge is -2.32. The second-order valence-electron chi connectivity index (χ2n) is 5.54. The fourth-order valence-corrected chi connectivity index (χ4v) is 1.99. The standard InChI is InChI=1S/C14H22N4O2/c1-10(2)9-20-13(19)12-8-18(5-4-15-12)14-16-6-11(3)7-17-14/h6-7,10,12,15H,4-5,8-9H2,1-3H3. The van der Waals surface area contributed by atoms with Crippen molar-refractivity contribution in [3.63, 3.8) is 0 Å². The van der Waals surface area contributed by atoms with E-state index in [0.717, 1.165) is 18.7 Å². The summed E-state index contributed by atoms with van der Waals surface area (Å²) in [6.07, 6.45) is 3.58. The molecule has 6 nitrogen and oxygen atoms in total. The number of carbonyl (C=O) groups excluding carboxylic acids is 1. The lowest BCUT2D eigenvalue weighted by molar-refractivity contribution is -0.147. The zero-order valence-electron chi connectivity index (χ0n) is 12.3. The van der Waals surface area contributed by atoms with Crippen LogP contribution >= 0.6 is 0 Å². The van der Waals surface area contributed by atoms with Crippen LogP contribution in [0.5, 0.6) is 0 Å². The zero-order valence-corrected chi connectivity index (χ0v) is 12.3. The molecule has 0 radical (unpaired) electrons. The predicted octanol–water partition coefficient (Wildman–Crippen LogP) is 0.762. The van der Waals surface area contributed by atoms with Gasteiger partial charge >= 0.3 is 5.97 Å². The van der Waals surface area contributed by atoms with Gasteiger partial charge in [-0.25, -0.2) is 9.97 Å². The Morgan fingerprint density at radius 3 is 2.85 bits per heavy atom. The highest BCUT2D eigenvalue weighted by atomic mass is 16.5. The SMILES string of the molecule is Cc1cnc(N2CCNC(C(=O)OCC(C)C)C2)nc1. The number of aryl methyl sites for hydroxylation is 1. The quantitative estimate of drug-likeness (QED) is 0.820. The molecular formula is C14H22N4O2. The highest BCUT2D eigenvalue weighted by molar-refractivity contribution is 5.77. The van der Waals surface area contributed by atoms with Crippen molar-refractivity contribution < 1.29 is 9.53 Å². The first-order valence-electron chi connectivity index (χ1n) is 7.00. The Kier molecular flexibility index (Phi) is 4.89. The fraction of sp³-hybridized carbons (Fsp3) is 0.643. The van der Waals surface area contributed by atoms with Crippen molar-refractivity contribution in [2.24, 2.45) is 5.92 Å². The summed E-state index contributed by atoms with van der Waals surface area (Å²) in [6, 6.07) is -0.313. The third-order valence-electron chi connectivity index (χ3n) is 3.07. The Balaban J connectivity index is 1.94. The van der Waals surface area contributed by atoms with Crippen molar-refractivity contribution in [2.45, 2.75) is 26.8 Å². The van der Waals surface area contributed by atoms with Gasteiger partial charge in [-0.1, -0.05) is 13.8 Å². The van der Waals surface area contributed by atoms with Crippen molar-refractivity contribution >= 4 is 11.9 Å². The second kappa shape index (κ2) is 6.65. The topological polar surface area (TPSA) is 67.4 Å². The molecule has 2 rings (SSSR count). The van der Waals surface area contributed by atoms with Gasteiger partial charge in [0.1, 0.15) is 6.04 Å². The molecular weight excluding hydrogens is 256 g/mol. The van der Waals surface area contributed by atoms with E-state index >= 15 is 0 Å². The van der Waals surface area contributed by atoms with Crippen LogP contribution in [-0.2, 0) is 9.53 Å². The van der Waals surface area contributed by atoms with Gasteiger partial charge in [-0.2, -0.15) is 0 Å². The molecule has 1 aliphatic rings. The molecule has 0 amide bonds. The largest absolute Gasteiger partial charge is 0.464 e. The predicted molar refractivity (Wildman–Crippen MR) is 76.6 cm³/mol. The maximum absolute atomic E-state index is 12.0. The summed E-state index contributed by atoms with van der Waals surface area (Å²) in [6.45, 7) is 8.50. The number of nitrogens with zero attached hydrogens (tertiary/aromatic N) is 3. The number of esters is 1. The lowest BCUT2D eigenvalue weighted by Crippen LogP contribution is -2.55. The minimum absolute atomic E-state index is 0.199. The molecule has 2 heterocycles. The molecule has 1 N–H and O–H groups in total. The Labute approximate surface area is 119 Å². The number of anilines is 1. The number of hydrogen-bond donors (Lipinski definition) is 1. The smallest absolute Gasteiger partial charge is 0.324 e. The van der Waals surface area contributed by atoms with E-state index in [2.05, 4.69) is 15.3 Å². The summed E-state index contributed by atoms with van der Waals surface area (Å²) < 4.78 is 5.28. The average molecular weight is 278 g/mol. The van der Waals surface area contributed by atoms with E-state index in [1.54, 1.807) is 12.4 Å². The van der Waals surface area contributed by atoms with Gasteiger partial charge < -0.3 is 15.0 Å². The monoisotopic (exact) mass is 278 g/mol. The first-order valence-corrected chi connectivity index (χ1v) is 7.00. The van der Waals surface area contributed by atoms with Gasteiger partial charge in [-0.05, 0) is 18.4 Å².